The average Bonchev–Trinajstić information content (AvgIpc) is 3.11. The molecule has 1 aliphatic heterocycles. The lowest BCUT2D eigenvalue weighted by molar-refractivity contribution is 0.0694. The number of aromatic nitrogens is 3. The van der Waals surface area contributed by atoms with Gasteiger partial charge in [0.25, 0.3) is 0 Å². The highest BCUT2D eigenvalue weighted by Crippen LogP contribution is 2.32. The normalized spacial score (nSPS) is 13.8. The molecule has 0 aliphatic carbocycles. The summed E-state index contributed by atoms with van der Waals surface area (Å²) in [7, 11) is 0. The van der Waals surface area contributed by atoms with Gasteiger partial charge in [-0.3, -0.25) is 4.79 Å². The standard InChI is InChI=1S/C18H16F2N4O4/c19-12-7-10-15(24(5-6-25)8-11(17(10)26)18(27)28)14(20)16(12)23-4-3-22-2-1-21-13(22)9-23/h1-2,7-8,25H,3-6,9H2,(H,27,28). The number of hydrogen-bond donors (Lipinski definition) is 2. The van der Waals surface area contributed by atoms with Crippen molar-refractivity contribution >= 4 is 22.6 Å². The molecule has 3 aromatic rings. The van der Waals surface area contributed by atoms with Crippen LogP contribution in [0.5, 0.6) is 0 Å². The van der Waals surface area contributed by atoms with E-state index >= 15 is 4.39 Å². The predicted molar refractivity (Wildman–Crippen MR) is 95.4 cm³/mol. The number of carbonyl (C=O) groups is 1. The van der Waals surface area contributed by atoms with Crippen molar-refractivity contribution in [2.24, 2.45) is 0 Å². The monoisotopic (exact) mass is 390 g/mol. The van der Waals surface area contributed by atoms with Gasteiger partial charge in [-0.2, -0.15) is 0 Å². The first kappa shape index (κ1) is 18.1. The number of carboxylic acid groups (broad SMARTS) is 1. The van der Waals surface area contributed by atoms with Crippen LogP contribution in [0.1, 0.15) is 16.2 Å². The van der Waals surface area contributed by atoms with Crippen LogP contribution in [0.25, 0.3) is 10.9 Å². The van der Waals surface area contributed by atoms with Crippen LogP contribution in [-0.2, 0) is 19.6 Å². The molecule has 0 radical (unpaired) electrons. The van der Waals surface area contributed by atoms with Crippen molar-refractivity contribution in [1.82, 2.24) is 14.1 Å². The Hall–Kier alpha value is -3.27. The number of hydrogen-bond acceptors (Lipinski definition) is 5. The minimum Gasteiger partial charge on any atom is -0.477 e. The molecule has 0 spiro atoms. The van der Waals surface area contributed by atoms with E-state index in [1.165, 1.54) is 4.90 Å². The van der Waals surface area contributed by atoms with E-state index in [-0.39, 0.29) is 29.7 Å². The molecule has 0 fully saturated rings. The van der Waals surface area contributed by atoms with Crippen molar-refractivity contribution in [3.05, 3.63) is 57.9 Å². The number of imidazole rings is 1. The summed E-state index contributed by atoms with van der Waals surface area (Å²) in [5.74, 6) is -2.79. The molecular weight excluding hydrogens is 374 g/mol. The maximum atomic E-state index is 15.4. The van der Waals surface area contributed by atoms with Gasteiger partial charge < -0.3 is 24.2 Å². The Balaban J connectivity index is 1.95. The minimum absolute atomic E-state index is 0.149. The summed E-state index contributed by atoms with van der Waals surface area (Å²) in [5.41, 5.74) is -2.15. The lowest BCUT2D eigenvalue weighted by Gasteiger charge is -2.30. The number of fused-ring (bicyclic) bond motifs is 2. The van der Waals surface area contributed by atoms with Crippen LogP contribution in [0.3, 0.4) is 0 Å². The largest absolute Gasteiger partial charge is 0.477 e. The van der Waals surface area contributed by atoms with Gasteiger partial charge in [0.1, 0.15) is 22.9 Å². The van der Waals surface area contributed by atoms with Gasteiger partial charge in [0.15, 0.2) is 5.82 Å². The number of pyridine rings is 1. The summed E-state index contributed by atoms with van der Waals surface area (Å²) >= 11 is 0. The Morgan fingerprint density at radius 1 is 1.29 bits per heavy atom. The van der Waals surface area contributed by atoms with Crippen molar-refractivity contribution in [3.63, 3.8) is 0 Å². The van der Waals surface area contributed by atoms with Crippen molar-refractivity contribution in [3.8, 4) is 0 Å². The number of carboxylic acids is 1. The fraction of sp³-hybridized carbons (Fsp3) is 0.278. The van der Waals surface area contributed by atoms with Crippen LogP contribution in [0, 0.1) is 11.6 Å². The summed E-state index contributed by atoms with van der Waals surface area (Å²) in [6, 6.07) is 0.859. The Bertz CT molecular complexity index is 1150. The zero-order valence-corrected chi connectivity index (χ0v) is 14.6. The number of aromatic carboxylic acids is 1. The highest BCUT2D eigenvalue weighted by atomic mass is 19.1. The number of nitrogens with zero attached hydrogens (tertiary/aromatic N) is 4. The van der Waals surface area contributed by atoms with Gasteiger partial charge in [0.05, 0.1) is 24.1 Å². The smallest absolute Gasteiger partial charge is 0.341 e. The number of aliphatic hydroxyl groups is 1. The second-order valence-corrected chi connectivity index (χ2v) is 6.47. The summed E-state index contributed by atoms with van der Waals surface area (Å²) in [5, 5.41) is 18.1. The van der Waals surface area contributed by atoms with E-state index in [1.54, 1.807) is 12.4 Å². The third-order valence-corrected chi connectivity index (χ3v) is 4.86. The van der Waals surface area contributed by atoms with Gasteiger partial charge in [-0.1, -0.05) is 0 Å². The van der Waals surface area contributed by atoms with Crippen molar-refractivity contribution in [2.75, 3.05) is 18.1 Å². The zero-order valence-electron chi connectivity index (χ0n) is 14.6. The minimum atomic E-state index is -1.51. The van der Waals surface area contributed by atoms with Gasteiger partial charge in [-0.25, -0.2) is 18.6 Å². The van der Waals surface area contributed by atoms with Gasteiger partial charge in [0.2, 0.25) is 5.43 Å². The van der Waals surface area contributed by atoms with Gasteiger partial charge in [0, 0.05) is 38.2 Å². The van der Waals surface area contributed by atoms with Crippen LogP contribution in [0.2, 0.25) is 0 Å². The molecule has 2 N–H and O–H groups in total. The first-order chi connectivity index (χ1) is 13.4. The number of rotatable bonds is 4. The highest BCUT2D eigenvalue weighted by molar-refractivity contribution is 5.93. The summed E-state index contributed by atoms with van der Waals surface area (Å²) in [6.07, 6.45) is 4.36. The summed E-state index contributed by atoms with van der Waals surface area (Å²) in [4.78, 5) is 29.4. The topological polar surface area (TPSA) is 101 Å². The molecule has 1 aromatic carbocycles. The molecule has 0 saturated heterocycles. The molecule has 0 saturated carbocycles. The second-order valence-electron chi connectivity index (χ2n) is 6.47. The quantitative estimate of drug-likeness (QED) is 0.694. The van der Waals surface area contributed by atoms with Gasteiger partial charge in [-0.15, -0.1) is 0 Å². The number of anilines is 1. The van der Waals surface area contributed by atoms with E-state index in [0.717, 1.165) is 16.8 Å². The Morgan fingerprint density at radius 2 is 2.07 bits per heavy atom. The second kappa shape index (κ2) is 6.71. The number of aliphatic hydroxyl groups excluding tert-OH is 1. The van der Waals surface area contributed by atoms with E-state index < -0.39 is 35.2 Å². The van der Waals surface area contributed by atoms with Crippen LogP contribution in [0.4, 0.5) is 14.5 Å². The Kier molecular flexibility index (Phi) is 4.34. The molecule has 0 bridgehead atoms. The first-order valence-corrected chi connectivity index (χ1v) is 8.56. The maximum Gasteiger partial charge on any atom is 0.341 e. The average molecular weight is 390 g/mol. The third kappa shape index (κ3) is 2.73. The molecule has 2 aromatic heterocycles. The SMILES string of the molecule is O=C(O)c1cn(CCO)c2c(F)c(N3CCn4ccnc4C3)c(F)cc2c1=O. The van der Waals surface area contributed by atoms with Crippen LogP contribution < -0.4 is 10.3 Å². The number of benzene rings is 1. The first-order valence-electron chi connectivity index (χ1n) is 8.56. The Morgan fingerprint density at radius 3 is 2.79 bits per heavy atom. The van der Waals surface area contributed by atoms with Crippen molar-refractivity contribution in [2.45, 2.75) is 19.6 Å². The third-order valence-electron chi connectivity index (χ3n) is 4.86. The molecule has 0 amide bonds. The van der Waals surface area contributed by atoms with Crippen LogP contribution in [0.15, 0.2) is 29.5 Å². The molecule has 0 atom stereocenters. The van der Waals surface area contributed by atoms with Crippen LogP contribution in [-0.4, -0.2) is 43.5 Å². The van der Waals surface area contributed by atoms with E-state index in [2.05, 4.69) is 4.98 Å². The molecule has 3 heterocycles. The lowest BCUT2D eigenvalue weighted by atomic mass is 10.1. The molecule has 4 rings (SSSR count). The predicted octanol–water partition coefficient (Wildman–Crippen LogP) is 1.19. The molecule has 8 nitrogen and oxygen atoms in total. The van der Waals surface area contributed by atoms with Crippen molar-refractivity contribution in [1.29, 1.82) is 0 Å². The number of halogens is 2. The summed E-state index contributed by atoms with van der Waals surface area (Å²) < 4.78 is 33.3. The van der Waals surface area contributed by atoms with E-state index in [0.29, 0.717) is 18.9 Å². The molecule has 28 heavy (non-hydrogen) atoms. The highest BCUT2D eigenvalue weighted by Gasteiger charge is 2.27. The molecule has 10 heteroatoms. The fourth-order valence-corrected chi connectivity index (χ4v) is 3.57. The van der Waals surface area contributed by atoms with Crippen molar-refractivity contribution < 1.29 is 23.8 Å². The van der Waals surface area contributed by atoms with E-state index in [4.69, 9.17) is 0 Å². The fourth-order valence-electron chi connectivity index (χ4n) is 3.57. The molecular formula is C18H16F2N4O4. The van der Waals surface area contributed by atoms with Gasteiger partial charge in [-0.05, 0) is 6.07 Å². The molecule has 146 valence electrons. The van der Waals surface area contributed by atoms with Crippen LogP contribution >= 0.6 is 0 Å². The molecule has 0 unspecified atom stereocenters. The Labute approximate surface area is 156 Å². The van der Waals surface area contributed by atoms with Gasteiger partial charge >= 0.3 is 5.97 Å². The molecule has 1 aliphatic rings. The zero-order chi connectivity index (χ0) is 20.0. The summed E-state index contributed by atoms with van der Waals surface area (Å²) in [6.45, 7) is 0.450. The van der Waals surface area contributed by atoms with E-state index in [9.17, 15) is 24.2 Å². The maximum absolute atomic E-state index is 15.4. The van der Waals surface area contributed by atoms with E-state index in [1.807, 2.05) is 4.57 Å². The lowest BCUT2D eigenvalue weighted by Crippen LogP contribution is -2.35.